The largest absolute Gasteiger partial charge is 0.495 e. The van der Waals surface area contributed by atoms with Crippen LogP contribution in [0, 0.1) is 6.92 Å². The predicted octanol–water partition coefficient (Wildman–Crippen LogP) is 3.11. The number of nitrogens with zero attached hydrogens (tertiary/aromatic N) is 1. The van der Waals surface area contributed by atoms with Crippen molar-refractivity contribution in [2.45, 2.75) is 25.9 Å². The SMILES string of the molecule is COc1ccc(C)cc1NC(=NC[C@@H]1CCCO1)NC(=O)c1ccc2c(c1)OCO2. The number of rotatable bonds is 5. The Morgan fingerprint density at radius 2 is 2.07 bits per heavy atom. The van der Waals surface area contributed by atoms with Crippen molar-refractivity contribution in [3.63, 3.8) is 0 Å². The summed E-state index contributed by atoms with van der Waals surface area (Å²) >= 11 is 0. The molecule has 2 heterocycles. The van der Waals surface area contributed by atoms with E-state index in [0.29, 0.717) is 35.3 Å². The standard InChI is InChI=1S/C22H25N3O5/c1-14-5-7-18(27-2)17(10-14)24-22(23-12-16-4-3-9-28-16)25-21(26)15-6-8-19-20(11-15)30-13-29-19/h5-8,10-11,16H,3-4,9,12-13H2,1-2H3,(H2,23,24,25,26)/t16-/m0/s1. The van der Waals surface area contributed by atoms with E-state index in [4.69, 9.17) is 18.9 Å². The van der Waals surface area contributed by atoms with E-state index in [1.807, 2.05) is 25.1 Å². The third-order valence-corrected chi connectivity index (χ3v) is 4.95. The van der Waals surface area contributed by atoms with Crippen molar-refractivity contribution in [3.8, 4) is 17.2 Å². The average molecular weight is 411 g/mol. The van der Waals surface area contributed by atoms with E-state index in [-0.39, 0.29) is 18.8 Å². The van der Waals surface area contributed by atoms with Crippen molar-refractivity contribution >= 4 is 17.6 Å². The summed E-state index contributed by atoms with van der Waals surface area (Å²) in [5.41, 5.74) is 2.22. The van der Waals surface area contributed by atoms with Crippen LogP contribution in [0.4, 0.5) is 5.69 Å². The van der Waals surface area contributed by atoms with Crippen LogP contribution in [0.25, 0.3) is 0 Å². The fourth-order valence-electron chi connectivity index (χ4n) is 3.36. The Kier molecular flexibility index (Phi) is 6.04. The minimum absolute atomic E-state index is 0.0589. The summed E-state index contributed by atoms with van der Waals surface area (Å²) in [6.07, 6.45) is 2.04. The van der Waals surface area contributed by atoms with E-state index in [9.17, 15) is 4.79 Å². The van der Waals surface area contributed by atoms with Gasteiger partial charge in [-0.1, -0.05) is 6.07 Å². The number of nitrogens with one attached hydrogen (secondary N) is 2. The van der Waals surface area contributed by atoms with Gasteiger partial charge in [0, 0.05) is 12.2 Å². The molecular formula is C22H25N3O5. The van der Waals surface area contributed by atoms with Gasteiger partial charge in [-0.2, -0.15) is 0 Å². The minimum atomic E-state index is -0.307. The van der Waals surface area contributed by atoms with Crippen molar-refractivity contribution in [1.82, 2.24) is 5.32 Å². The number of aliphatic imine (C=N–C) groups is 1. The first kappa shape index (κ1) is 20.0. The molecule has 4 rings (SSSR count). The Balaban J connectivity index is 1.54. The number of anilines is 1. The van der Waals surface area contributed by atoms with Crippen LogP contribution in [-0.4, -0.2) is 45.0 Å². The Morgan fingerprint density at radius 1 is 1.20 bits per heavy atom. The van der Waals surface area contributed by atoms with Crippen molar-refractivity contribution in [2.24, 2.45) is 4.99 Å². The molecule has 0 aromatic heterocycles. The van der Waals surface area contributed by atoms with Gasteiger partial charge in [-0.05, 0) is 55.7 Å². The molecule has 2 N–H and O–H groups in total. The second kappa shape index (κ2) is 9.04. The summed E-state index contributed by atoms with van der Waals surface area (Å²) in [6, 6.07) is 10.8. The van der Waals surface area contributed by atoms with Crippen LogP contribution in [0.3, 0.4) is 0 Å². The molecule has 0 aliphatic carbocycles. The normalized spacial score (nSPS) is 17.7. The number of aryl methyl sites for hydroxylation is 1. The number of carbonyl (C=O) groups is 1. The number of amides is 1. The lowest BCUT2D eigenvalue weighted by Gasteiger charge is -2.16. The fraction of sp³-hybridized carbons (Fsp3) is 0.364. The van der Waals surface area contributed by atoms with Crippen molar-refractivity contribution < 1.29 is 23.7 Å². The number of hydrogen-bond donors (Lipinski definition) is 2. The highest BCUT2D eigenvalue weighted by Gasteiger charge is 2.19. The lowest BCUT2D eigenvalue weighted by molar-refractivity contribution is 0.0975. The third-order valence-electron chi connectivity index (χ3n) is 4.95. The monoisotopic (exact) mass is 411 g/mol. The highest BCUT2D eigenvalue weighted by molar-refractivity contribution is 6.10. The maximum absolute atomic E-state index is 12.9. The Hall–Kier alpha value is -3.26. The number of hydrogen-bond acceptors (Lipinski definition) is 6. The molecule has 2 aliphatic heterocycles. The summed E-state index contributed by atoms with van der Waals surface area (Å²) in [5.74, 6) is 1.86. The van der Waals surface area contributed by atoms with Gasteiger partial charge in [0.05, 0.1) is 25.4 Å². The quantitative estimate of drug-likeness (QED) is 0.580. The Bertz CT molecular complexity index is 954. The number of ether oxygens (including phenoxy) is 4. The van der Waals surface area contributed by atoms with Crippen molar-refractivity contribution in [2.75, 3.05) is 32.4 Å². The van der Waals surface area contributed by atoms with Crippen LogP contribution in [0.15, 0.2) is 41.4 Å². The summed E-state index contributed by atoms with van der Waals surface area (Å²) in [6.45, 7) is 3.35. The summed E-state index contributed by atoms with van der Waals surface area (Å²) in [5, 5.41) is 6.06. The molecule has 2 aromatic carbocycles. The van der Waals surface area contributed by atoms with Crippen LogP contribution in [-0.2, 0) is 4.74 Å². The molecule has 0 saturated carbocycles. The number of methoxy groups -OCH3 is 1. The van der Waals surface area contributed by atoms with Gasteiger partial charge in [-0.3, -0.25) is 10.1 Å². The van der Waals surface area contributed by atoms with Gasteiger partial charge >= 0.3 is 0 Å². The molecule has 8 nitrogen and oxygen atoms in total. The van der Waals surface area contributed by atoms with Gasteiger partial charge in [0.2, 0.25) is 12.8 Å². The number of benzene rings is 2. The zero-order chi connectivity index (χ0) is 20.9. The maximum atomic E-state index is 12.9. The smallest absolute Gasteiger partial charge is 0.258 e. The molecule has 1 fully saturated rings. The fourth-order valence-corrected chi connectivity index (χ4v) is 3.36. The first-order chi connectivity index (χ1) is 14.6. The van der Waals surface area contributed by atoms with E-state index in [1.165, 1.54) is 0 Å². The molecular weight excluding hydrogens is 386 g/mol. The van der Waals surface area contributed by atoms with Crippen LogP contribution < -0.4 is 24.8 Å². The lowest BCUT2D eigenvalue weighted by Crippen LogP contribution is -2.37. The number of carbonyl (C=O) groups excluding carboxylic acids is 1. The van der Waals surface area contributed by atoms with Crippen LogP contribution in [0.2, 0.25) is 0 Å². The molecule has 1 atom stereocenters. The molecule has 0 bridgehead atoms. The summed E-state index contributed by atoms with van der Waals surface area (Å²) in [4.78, 5) is 17.5. The summed E-state index contributed by atoms with van der Waals surface area (Å²) in [7, 11) is 1.60. The number of guanidine groups is 1. The van der Waals surface area contributed by atoms with Gasteiger partial charge in [-0.15, -0.1) is 0 Å². The molecule has 30 heavy (non-hydrogen) atoms. The zero-order valence-corrected chi connectivity index (χ0v) is 17.1. The van der Waals surface area contributed by atoms with Crippen LogP contribution in [0.5, 0.6) is 17.2 Å². The molecule has 1 saturated heterocycles. The lowest BCUT2D eigenvalue weighted by atomic mass is 10.2. The molecule has 0 spiro atoms. The molecule has 8 heteroatoms. The van der Waals surface area contributed by atoms with Crippen LogP contribution in [0.1, 0.15) is 28.8 Å². The zero-order valence-electron chi connectivity index (χ0n) is 17.1. The second-order valence-electron chi connectivity index (χ2n) is 7.18. The number of fused-ring (bicyclic) bond motifs is 1. The van der Waals surface area contributed by atoms with E-state index < -0.39 is 0 Å². The van der Waals surface area contributed by atoms with E-state index in [0.717, 1.165) is 30.7 Å². The van der Waals surface area contributed by atoms with E-state index >= 15 is 0 Å². The Labute approximate surface area is 175 Å². The van der Waals surface area contributed by atoms with Crippen molar-refractivity contribution in [3.05, 3.63) is 47.5 Å². The van der Waals surface area contributed by atoms with Gasteiger partial charge in [0.1, 0.15) is 5.75 Å². The second-order valence-corrected chi connectivity index (χ2v) is 7.18. The maximum Gasteiger partial charge on any atom is 0.258 e. The highest BCUT2D eigenvalue weighted by Crippen LogP contribution is 2.32. The van der Waals surface area contributed by atoms with Gasteiger partial charge in [0.15, 0.2) is 11.5 Å². The van der Waals surface area contributed by atoms with Gasteiger partial charge in [0.25, 0.3) is 5.91 Å². The topological polar surface area (TPSA) is 90.4 Å². The minimum Gasteiger partial charge on any atom is -0.495 e. The molecule has 2 aromatic rings. The van der Waals surface area contributed by atoms with Gasteiger partial charge < -0.3 is 24.3 Å². The molecule has 0 unspecified atom stereocenters. The molecule has 1 amide bonds. The Morgan fingerprint density at radius 3 is 2.87 bits per heavy atom. The van der Waals surface area contributed by atoms with E-state index in [2.05, 4.69) is 15.6 Å². The van der Waals surface area contributed by atoms with Gasteiger partial charge in [-0.25, -0.2) is 4.99 Å². The highest BCUT2D eigenvalue weighted by atomic mass is 16.7. The molecule has 2 aliphatic rings. The van der Waals surface area contributed by atoms with Crippen molar-refractivity contribution in [1.29, 1.82) is 0 Å². The summed E-state index contributed by atoms with van der Waals surface area (Å²) < 4.78 is 21.8. The van der Waals surface area contributed by atoms with Crippen LogP contribution >= 0.6 is 0 Å². The third kappa shape index (κ3) is 4.65. The first-order valence-corrected chi connectivity index (χ1v) is 9.91. The molecule has 158 valence electrons. The first-order valence-electron chi connectivity index (χ1n) is 9.91. The average Bonchev–Trinajstić information content (AvgIpc) is 3.43. The molecule has 0 radical (unpaired) electrons. The predicted molar refractivity (Wildman–Crippen MR) is 113 cm³/mol. The van der Waals surface area contributed by atoms with E-state index in [1.54, 1.807) is 25.3 Å².